The monoisotopic (exact) mass is 459 g/mol. The van der Waals surface area contributed by atoms with E-state index in [-0.39, 0.29) is 23.8 Å². The minimum Gasteiger partial charge on any atom is -0.469 e. The Morgan fingerprint density at radius 3 is 2.41 bits per heavy atom. The summed E-state index contributed by atoms with van der Waals surface area (Å²) < 4.78 is 4.80. The third-order valence-corrected chi connectivity index (χ3v) is 7.09. The lowest BCUT2D eigenvalue weighted by molar-refractivity contribution is -0.140. The molecule has 0 aliphatic heterocycles. The number of esters is 1. The number of carbonyl (C=O) groups excluding carboxylic acids is 2. The molecule has 0 unspecified atom stereocenters. The molecule has 1 aliphatic carbocycles. The number of nitrogens with zero attached hydrogens (tertiary/aromatic N) is 1. The van der Waals surface area contributed by atoms with Crippen LogP contribution >= 0.6 is 0 Å². The van der Waals surface area contributed by atoms with E-state index in [9.17, 15) is 9.59 Å². The standard InChI is InChI=1S/C28H33N3O3/c1-31(2)28(21-9-5-4-6-10-21)17-15-20(16-18-28)19-25(32)30-27-23(13-14-26(33)34-3)22-11-7-8-12-24(22)29-27/h4-12,19,29H,13-18H2,1-3H3,(H,30,32). The number of para-hydroxylation sites is 1. The third-order valence-electron chi connectivity index (χ3n) is 7.09. The molecule has 1 fully saturated rings. The summed E-state index contributed by atoms with van der Waals surface area (Å²) in [5, 5.41) is 4.04. The summed E-state index contributed by atoms with van der Waals surface area (Å²) in [7, 11) is 5.67. The van der Waals surface area contributed by atoms with Crippen LogP contribution in [0.3, 0.4) is 0 Å². The fraction of sp³-hybridized carbons (Fsp3) is 0.357. The first-order valence-corrected chi connectivity index (χ1v) is 11.8. The maximum atomic E-state index is 13.0. The molecule has 1 amide bonds. The van der Waals surface area contributed by atoms with Gasteiger partial charge in [-0.1, -0.05) is 54.1 Å². The molecule has 0 atom stereocenters. The number of rotatable bonds is 7. The number of aryl methyl sites for hydroxylation is 1. The van der Waals surface area contributed by atoms with E-state index in [1.807, 2.05) is 24.3 Å². The van der Waals surface area contributed by atoms with Crippen LogP contribution in [0.5, 0.6) is 0 Å². The highest BCUT2D eigenvalue weighted by molar-refractivity contribution is 6.02. The topological polar surface area (TPSA) is 74.4 Å². The van der Waals surface area contributed by atoms with E-state index >= 15 is 0 Å². The van der Waals surface area contributed by atoms with E-state index in [0.29, 0.717) is 12.2 Å². The Balaban J connectivity index is 1.49. The van der Waals surface area contributed by atoms with Crippen LogP contribution in [-0.2, 0) is 26.3 Å². The predicted molar refractivity (Wildman–Crippen MR) is 136 cm³/mol. The average Bonchev–Trinajstić information content (AvgIpc) is 3.20. The number of nitrogens with one attached hydrogen (secondary N) is 2. The van der Waals surface area contributed by atoms with E-state index in [1.165, 1.54) is 12.7 Å². The average molecular weight is 460 g/mol. The Kier molecular flexibility index (Phi) is 7.17. The maximum absolute atomic E-state index is 13.0. The molecule has 1 aliphatic rings. The minimum absolute atomic E-state index is 0.00664. The molecule has 2 N–H and O–H groups in total. The van der Waals surface area contributed by atoms with Crippen LogP contribution in [-0.4, -0.2) is 43.0 Å². The number of H-pyrrole nitrogens is 1. The summed E-state index contributed by atoms with van der Waals surface area (Å²) in [5.74, 6) is 0.238. The Bertz CT molecular complexity index is 1180. The number of amides is 1. The van der Waals surface area contributed by atoms with Crippen LogP contribution in [0.4, 0.5) is 5.82 Å². The molecule has 6 heteroatoms. The van der Waals surface area contributed by atoms with E-state index < -0.39 is 0 Å². The summed E-state index contributed by atoms with van der Waals surface area (Å²) in [5.41, 5.74) is 4.34. The minimum atomic E-state index is -0.269. The molecular formula is C28H33N3O3. The van der Waals surface area contributed by atoms with Gasteiger partial charge >= 0.3 is 5.97 Å². The second-order valence-corrected chi connectivity index (χ2v) is 9.18. The number of anilines is 1. The van der Waals surface area contributed by atoms with Crippen molar-refractivity contribution < 1.29 is 14.3 Å². The molecule has 0 saturated heterocycles. The zero-order valence-electron chi connectivity index (χ0n) is 20.2. The zero-order chi connectivity index (χ0) is 24.1. The molecule has 34 heavy (non-hydrogen) atoms. The van der Waals surface area contributed by atoms with Gasteiger partial charge in [-0.05, 0) is 57.8 Å². The van der Waals surface area contributed by atoms with E-state index in [0.717, 1.165) is 47.7 Å². The summed E-state index contributed by atoms with van der Waals surface area (Å²) >= 11 is 0. The molecule has 178 valence electrons. The molecule has 3 aromatic rings. The van der Waals surface area contributed by atoms with Crippen molar-refractivity contribution in [3.05, 3.63) is 77.4 Å². The summed E-state index contributed by atoms with van der Waals surface area (Å²) in [6, 6.07) is 18.5. The highest BCUT2D eigenvalue weighted by Gasteiger charge is 2.37. The van der Waals surface area contributed by atoms with Gasteiger partial charge in [-0.2, -0.15) is 0 Å². The molecule has 1 heterocycles. The lowest BCUT2D eigenvalue weighted by Gasteiger charge is -2.44. The van der Waals surface area contributed by atoms with Gasteiger partial charge in [0, 0.05) is 34.5 Å². The molecule has 1 saturated carbocycles. The Morgan fingerprint density at radius 1 is 1.06 bits per heavy atom. The van der Waals surface area contributed by atoms with Gasteiger partial charge in [0.25, 0.3) is 0 Å². The van der Waals surface area contributed by atoms with E-state index in [2.05, 4.69) is 59.6 Å². The van der Waals surface area contributed by atoms with Gasteiger partial charge in [0.05, 0.1) is 7.11 Å². The number of hydrogen-bond acceptors (Lipinski definition) is 4. The van der Waals surface area contributed by atoms with Crippen molar-refractivity contribution in [2.45, 2.75) is 44.1 Å². The highest BCUT2D eigenvalue weighted by atomic mass is 16.5. The van der Waals surface area contributed by atoms with Gasteiger partial charge in [-0.15, -0.1) is 0 Å². The largest absolute Gasteiger partial charge is 0.469 e. The SMILES string of the molecule is COC(=O)CCc1c(NC(=O)C=C2CCC(c3ccccc3)(N(C)C)CC2)[nH]c2ccccc12. The van der Waals surface area contributed by atoms with Gasteiger partial charge in [0.1, 0.15) is 5.82 Å². The van der Waals surface area contributed by atoms with Crippen molar-refractivity contribution in [3.8, 4) is 0 Å². The third kappa shape index (κ3) is 4.92. The fourth-order valence-electron chi connectivity index (χ4n) is 5.11. The van der Waals surface area contributed by atoms with E-state index in [1.54, 1.807) is 6.08 Å². The van der Waals surface area contributed by atoms with Crippen molar-refractivity contribution in [1.29, 1.82) is 0 Å². The zero-order valence-corrected chi connectivity index (χ0v) is 20.2. The van der Waals surface area contributed by atoms with Gasteiger partial charge in [0.15, 0.2) is 0 Å². The normalized spacial score (nSPS) is 18.2. The number of fused-ring (bicyclic) bond motifs is 1. The first-order chi connectivity index (χ1) is 16.4. The van der Waals surface area contributed by atoms with Gasteiger partial charge < -0.3 is 15.0 Å². The Hall–Kier alpha value is -3.38. The van der Waals surface area contributed by atoms with Crippen LogP contribution in [0.2, 0.25) is 0 Å². The summed E-state index contributed by atoms with van der Waals surface area (Å²) in [6.45, 7) is 0. The lowest BCUT2D eigenvalue weighted by atomic mass is 9.74. The lowest BCUT2D eigenvalue weighted by Crippen LogP contribution is -2.43. The molecular weight excluding hydrogens is 426 g/mol. The van der Waals surface area contributed by atoms with Gasteiger partial charge in [-0.3, -0.25) is 14.5 Å². The second-order valence-electron chi connectivity index (χ2n) is 9.18. The van der Waals surface area contributed by atoms with Crippen LogP contribution < -0.4 is 5.32 Å². The number of ether oxygens (including phenoxy) is 1. The van der Waals surface area contributed by atoms with Gasteiger partial charge in [-0.25, -0.2) is 0 Å². The van der Waals surface area contributed by atoms with Crippen LogP contribution in [0.15, 0.2) is 66.2 Å². The number of methoxy groups -OCH3 is 1. The first-order valence-electron chi connectivity index (χ1n) is 11.8. The highest BCUT2D eigenvalue weighted by Crippen LogP contribution is 2.42. The number of aromatic amines is 1. The smallest absolute Gasteiger partial charge is 0.305 e. The summed E-state index contributed by atoms with van der Waals surface area (Å²) in [6.07, 6.45) is 6.20. The van der Waals surface area contributed by atoms with Crippen LogP contribution in [0, 0.1) is 0 Å². The molecule has 6 nitrogen and oxygen atoms in total. The Morgan fingerprint density at radius 2 is 1.74 bits per heavy atom. The summed E-state index contributed by atoms with van der Waals surface area (Å²) in [4.78, 5) is 30.3. The number of aromatic nitrogens is 1. The Labute approximate surface area is 201 Å². The molecule has 0 bridgehead atoms. The quantitative estimate of drug-likeness (QED) is 0.378. The number of hydrogen-bond donors (Lipinski definition) is 2. The van der Waals surface area contributed by atoms with E-state index in [4.69, 9.17) is 4.74 Å². The molecule has 2 aromatic carbocycles. The second kappa shape index (κ2) is 10.3. The fourth-order valence-corrected chi connectivity index (χ4v) is 5.11. The number of benzene rings is 2. The molecule has 0 radical (unpaired) electrons. The molecule has 1 aromatic heterocycles. The first kappa shape index (κ1) is 23.8. The predicted octanol–water partition coefficient (Wildman–Crippen LogP) is 5.17. The molecule has 0 spiro atoms. The van der Waals surface area contributed by atoms with Crippen molar-refractivity contribution in [3.63, 3.8) is 0 Å². The number of carbonyl (C=O) groups is 2. The van der Waals surface area contributed by atoms with Crippen molar-refractivity contribution in [2.75, 3.05) is 26.5 Å². The van der Waals surface area contributed by atoms with Crippen LogP contribution in [0.25, 0.3) is 10.9 Å². The maximum Gasteiger partial charge on any atom is 0.305 e. The van der Waals surface area contributed by atoms with Crippen molar-refractivity contribution in [1.82, 2.24) is 9.88 Å². The van der Waals surface area contributed by atoms with Gasteiger partial charge in [0.2, 0.25) is 5.91 Å². The molecule has 4 rings (SSSR count). The van der Waals surface area contributed by atoms with Crippen molar-refractivity contribution in [2.24, 2.45) is 0 Å². The van der Waals surface area contributed by atoms with Crippen molar-refractivity contribution >= 4 is 28.6 Å². The van der Waals surface area contributed by atoms with Crippen LogP contribution in [0.1, 0.15) is 43.2 Å². The number of allylic oxidation sites excluding steroid dienone is 1.